The SMILES string of the molecule is CC/C=C\C/C=C\C/C=C\C/C=C\C/C=C\C/C=C\C/C=C\CCCCCCCCCCCCCCCCCC(=O)NC(CO)C(O)CCCCCCCCCCCCCCCCCCCCCCC. The van der Waals surface area contributed by atoms with Gasteiger partial charge in [-0.3, -0.25) is 4.79 Å². The minimum absolute atomic E-state index is 0.0301. The first kappa shape index (κ1) is 67.6. The van der Waals surface area contributed by atoms with Gasteiger partial charge in [0.05, 0.1) is 18.8 Å². The number of aliphatic hydroxyl groups is 2. The van der Waals surface area contributed by atoms with Gasteiger partial charge in [-0.1, -0.05) is 317 Å². The number of nitrogens with one attached hydrogen (secondary N) is 1. The average molecular weight is 975 g/mol. The summed E-state index contributed by atoms with van der Waals surface area (Å²) in [6.07, 6.45) is 88.7. The van der Waals surface area contributed by atoms with Crippen molar-refractivity contribution in [2.75, 3.05) is 6.61 Å². The van der Waals surface area contributed by atoms with Gasteiger partial charge in [0.15, 0.2) is 0 Å². The Balaban J connectivity index is 3.48. The Hall–Kier alpha value is -2.43. The van der Waals surface area contributed by atoms with E-state index in [0.717, 1.165) is 70.6 Å². The van der Waals surface area contributed by atoms with Gasteiger partial charge in [-0.05, 0) is 70.6 Å². The van der Waals surface area contributed by atoms with Gasteiger partial charge in [0.1, 0.15) is 0 Å². The lowest BCUT2D eigenvalue weighted by atomic mass is 10.0. The highest BCUT2D eigenvalue weighted by molar-refractivity contribution is 5.76. The normalized spacial score (nSPS) is 13.4. The van der Waals surface area contributed by atoms with Crippen molar-refractivity contribution in [3.8, 4) is 0 Å². The number of allylic oxidation sites excluding steroid dienone is 14. The number of carbonyl (C=O) groups excluding carboxylic acids is 1. The van der Waals surface area contributed by atoms with Gasteiger partial charge >= 0.3 is 0 Å². The van der Waals surface area contributed by atoms with Crippen molar-refractivity contribution in [1.29, 1.82) is 0 Å². The molecular formula is C66H119NO3. The summed E-state index contributed by atoms with van der Waals surface area (Å²) in [5.74, 6) is -0.0301. The van der Waals surface area contributed by atoms with Crippen LogP contribution in [0.3, 0.4) is 0 Å². The highest BCUT2D eigenvalue weighted by Crippen LogP contribution is 2.18. The minimum Gasteiger partial charge on any atom is -0.394 e. The van der Waals surface area contributed by atoms with Crippen LogP contribution in [0, 0.1) is 0 Å². The van der Waals surface area contributed by atoms with Crippen LogP contribution in [-0.2, 0) is 4.79 Å². The highest BCUT2D eigenvalue weighted by atomic mass is 16.3. The number of aliphatic hydroxyl groups excluding tert-OH is 2. The summed E-state index contributed by atoms with van der Waals surface area (Å²) >= 11 is 0. The third kappa shape index (κ3) is 56.5. The predicted molar refractivity (Wildman–Crippen MR) is 313 cm³/mol. The van der Waals surface area contributed by atoms with Gasteiger partial charge in [0, 0.05) is 6.42 Å². The second-order valence-corrected chi connectivity index (χ2v) is 20.7. The van der Waals surface area contributed by atoms with E-state index in [4.69, 9.17) is 0 Å². The van der Waals surface area contributed by atoms with Gasteiger partial charge in [0.25, 0.3) is 0 Å². The van der Waals surface area contributed by atoms with Gasteiger partial charge in [-0.2, -0.15) is 0 Å². The molecule has 0 bridgehead atoms. The van der Waals surface area contributed by atoms with Crippen LogP contribution in [0.25, 0.3) is 0 Å². The first-order chi connectivity index (χ1) is 34.7. The zero-order valence-corrected chi connectivity index (χ0v) is 46.8. The van der Waals surface area contributed by atoms with Gasteiger partial charge in [-0.15, -0.1) is 0 Å². The summed E-state index contributed by atoms with van der Waals surface area (Å²) in [6.45, 7) is 4.27. The third-order valence-electron chi connectivity index (χ3n) is 13.9. The fourth-order valence-corrected chi connectivity index (χ4v) is 9.29. The molecule has 0 radical (unpaired) electrons. The molecule has 0 aliphatic carbocycles. The Morgan fingerprint density at radius 3 is 0.943 bits per heavy atom. The quantitative estimate of drug-likeness (QED) is 0.0420. The Bertz CT molecular complexity index is 1240. The van der Waals surface area contributed by atoms with Gasteiger partial charge < -0.3 is 15.5 Å². The molecule has 3 N–H and O–H groups in total. The second-order valence-electron chi connectivity index (χ2n) is 20.7. The van der Waals surface area contributed by atoms with Crippen molar-refractivity contribution in [1.82, 2.24) is 5.32 Å². The highest BCUT2D eigenvalue weighted by Gasteiger charge is 2.20. The average Bonchev–Trinajstić information content (AvgIpc) is 3.36. The summed E-state index contributed by atoms with van der Waals surface area (Å²) < 4.78 is 0. The molecule has 0 aromatic carbocycles. The topological polar surface area (TPSA) is 69.6 Å². The van der Waals surface area contributed by atoms with Crippen molar-refractivity contribution in [3.05, 3.63) is 85.1 Å². The van der Waals surface area contributed by atoms with Crippen molar-refractivity contribution in [2.24, 2.45) is 0 Å². The summed E-state index contributed by atoms with van der Waals surface area (Å²) in [5.41, 5.74) is 0. The molecule has 406 valence electrons. The molecule has 0 aliphatic rings. The number of carbonyl (C=O) groups is 1. The molecule has 0 rings (SSSR count). The molecule has 0 spiro atoms. The number of unbranched alkanes of at least 4 members (excludes halogenated alkanes) is 35. The molecule has 0 aliphatic heterocycles. The summed E-state index contributed by atoms with van der Waals surface area (Å²) in [6, 6.07) is -0.541. The van der Waals surface area contributed by atoms with E-state index in [-0.39, 0.29) is 12.5 Å². The van der Waals surface area contributed by atoms with Crippen molar-refractivity contribution >= 4 is 5.91 Å². The number of hydrogen-bond donors (Lipinski definition) is 3. The Morgan fingerprint density at radius 1 is 0.357 bits per heavy atom. The smallest absolute Gasteiger partial charge is 0.220 e. The lowest BCUT2D eigenvalue weighted by Crippen LogP contribution is -2.45. The monoisotopic (exact) mass is 974 g/mol. The zero-order chi connectivity index (χ0) is 50.6. The van der Waals surface area contributed by atoms with Crippen molar-refractivity contribution < 1.29 is 15.0 Å². The number of hydrogen-bond acceptors (Lipinski definition) is 3. The standard InChI is InChI=1S/C66H119NO3/c1-3-5-7-9-11-13-15-17-19-21-23-25-26-27-28-29-30-31-32-33-34-35-36-37-38-39-40-42-44-46-48-50-52-54-56-58-60-62-66(70)67-64(63-68)65(69)61-59-57-55-53-51-49-47-45-43-41-24-22-20-18-16-14-12-10-8-6-4-2/h5,7,11,13,17,19,23,25,27-28,30-31,33-34,64-65,68-69H,3-4,6,8-10,12,14-16,18,20-22,24,26,29,32,35-63H2,1-2H3,(H,67,70)/b7-5-,13-11-,19-17-,25-23-,28-27-,31-30-,34-33-. The molecule has 0 aromatic heterocycles. The van der Waals surface area contributed by atoms with E-state index in [9.17, 15) is 15.0 Å². The molecule has 1 amide bonds. The Morgan fingerprint density at radius 2 is 0.629 bits per heavy atom. The summed E-state index contributed by atoms with van der Waals surface area (Å²) in [7, 11) is 0. The lowest BCUT2D eigenvalue weighted by Gasteiger charge is -2.22. The van der Waals surface area contributed by atoms with E-state index >= 15 is 0 Å². The van der Waals surface area contributed by atoms with Crippen molar-refractivity contribution in [2.45, 2.75) is 321 Å². The molecule has 4 nitrogen and oxygen atoms in total. The second kappa shape index (κ2) is 60.9. The van der Waals surface area contributed by atoms with Crippen LogP contribution in [0.5, 0.6) is 0 Å². The van der Waals surface area contributed by atoms with Crippen LogP contribution in [0.2, 0.25) is 0 Å². The summed E-state index contributed by atoms with van der Waals surface area (Å²) in [5, 5.41) is 23.4. The van der Waals surface area contributed by atoms with Crippen LogP contribution in [0.15, 0.2) is 85.1 Å². The fourth-order valence-electron chi connectivity index (χ4n) is 9.29. The van der Waals surface area contributed by atoms with Crippen molar-refractivity contribution in [3.63, 3.8) is 0 Å². The first-order valence-electron chi connectivity index (χ1n) is 30.8. The maximum absolute atomic E-state index is 12.5. The molecule has 2 unspecified atom stereocenters. The summed E-state index contributed by atoms with van der Waals surface area (Å²) in [4.78, 5) is 12.5. The number of rotatable bonds is 56. The van der Waals surface area contributed by atoms with Crippen LogP contribution in [0.4, 0.5) is 0 Å². The molecule has 2 atom stereocenters. The van der Waals surface area contributed by atoms with E-state index in [1.54, 1.807) is 0 Å². The predicted octanol–water partition coefficient (Wildman–Crippen LogP) is 20.7. The molecule has 0 fully saturated rings. The van der Waals surface area contributed by atoms with Crippen LogP contribution >= 0.6 is 0 Å². The molecular weight excluding hydrogens is 855 g/mol. The van der Waals surface area contributed by atoms with Crippen LogP contribution < -0.4 is 5.32 Å². The Kier molecular flexibility index (Phi) is 58.8. The first-order valence-corrected chi connectivity index (χ1v) is 30.8. The molecule has 0 saturated carbocycles. The Labute approximate surface area is 437 Å². The van der Waals surface area contributed by atoms with Crippen LogP contribution in [-0.4, -0.2) is 34.9 Å². The molecule has 4 heteroatoms. The van der Waals surface area contributed by atoms with E-state index < -0.39 is 12.1 Å². The van der Waals surface area contributed by atoms with E-state index in [0.29, 0.717) is 12.8 Å². The lowest BCUT2D eigenvalue weighted by molar-refractivity contribution is -0.123. The largest absolute Gasteiger partial charge is 0.394 e. The molecule has 70 heavy (non-hydrogen) atoms. The van der Waals surface area contributed by atoms with Gasteiger partial charge in [-0.25, -0.2) is 0 Å². The van der Waals surface area contributed by atoms with E-state index in [1.165, 1.54) is 212 Å². The maximum atomic E-state index is 12.5. The molecule has 0 saturated heterocycles. The fraction of sp³-hybridized carbons (Fsp3) is 0.773. The minimum atomic E-state index is -0.663. The van der Waals surface area contributed by atoms with Gasteiger partial charge in [0.2, 0.25) is 5.91 Å². The molecule has 0 aromatic rings. The van der Waals surface area contributed by atoms with Crippen LogP contribution in [0.1, 0.15) is 309 Å². The molecule has 0 heterocycles. The maximum Gasteiger partial charge on any atom is 0.220 e. The number of amides is 1. The third-order valence-corrected chi connectivity index (χ3v) is 13.9. The van der Waals surface area contributed by atoms with E-state index in [2.05, 4.69) is 104 Å². The van der Waals surface area contributed by atoms with E-state index in [1.807, 2.05) is 0 Å². The zero-order valence-electron chi connectivity index (χ0n) is 46.8.